The molecular formula is C30H33N3O3S. The smallest absolute Gasteiger partial charge is 0.237 e. The summed E-state index contributed by atoms with van der Waals surface area (Å²) >= 11 is 1.45. The fourth-order valence-corrected chi connectivity index (χ4v) is 5.10. The SMILES string of the molecule is CCc1cccc(C)c1NC(=O)C(CC)Sc1nc(-c2ccc(OC)cc2)c(-c2ccc(OC)cc2)[nH]1. The van der Waals surface area contributed by atoms with Gasteiger partial charge in [-0.15, -0.1) is 0 Å². The zero-order valence-electron chi connectivity index (χ0n) is 21.9. The second kappa shape index (κ2) is 12.0. The third-order valence-corrected chi connectivity index (χ3v) is 7.58. The molecule has 4 rings (SSSR count). The molecule has 1 unspecified atom stereocenters. The molecule has 6 nitrogen and oxygen atoms in total. The van der Waals surface area contributed by atoms with Crippen molar-refractivity contribution in [2.45, 2.75) is 44.0 Å². The molecule has 4 aromatic rings. The van der Waals surface area contributed by atoms with Gasteiger partial charge in [0.1, 0.15) is 11.5 Å². The molecule has 1 aromatic heterocycles. The van der Waals surface area contributed by atoms with Crippen LogP contribution in [0.2, 0.25) is 0 Å². The molecule has 1 heterocycles. The zero-order chi connectivity index (χ0) is 26.4. The van der Waals surface area contributed by atoms with Gasteiger partial charge in [-0.05, 0) is 79.4 Å². The molecule has 0 fully saturated rings. The summed E-state index contributed by atoms with van der Waals surface area (Å²) in [5.74, 6) is 1.55. The lowest BCUT2D eigenvalue weighted by Gasteiger charge is -2.17. The number of methoxy groups -OCH3 is 2. The van der Waals surface area contributed by atoms with Gasteiger partial charge in [-0.25, -0.2) is 4.98 Å². The number of nitrogens with zero attached hydrogens (tertiary/aromatic N) is 1. The number of carbonyl (C=O) groups excluding carboxylic acids is 1. The van der Waals surface area contributed by atoms with Crippen molar-refractivity contribution in [3.63, 3.8) is 0 Å². The minimum Gasteiger partial charge on any atom is -0.497 e. The third kappa shape index (κ3) is 6.00. The number of ether oxygens (including phenoxy) is 2. The first-order valence-corrected chi connectivity index (χ1v) is 13.3. The highest BCUT2D eigenvalue weighted by molar-refractivity contribution is 8.00. The number of hydrogen-bond donors (Lipinski definition) is 2. The fraction of sp³-hybridized carbons (Fsp3) is 0.267. The lowest BCUT2D eigenvalue weighted by atomic mass is 10.0. The zero-order valence-corrected chi connectivity index (χ0v) is 22.7. The number of benzene rings is 3. The van der Waals surface area contributed by atoms with E-state index in [-0.39, 0.29) is 11.2 Å². The maximum Gasteiger partial charge on any atom is 0.237 e. The summed E-state index contributed by atoms with van der Waals surface area (Å²) in [5.41, 5.74) is 6.75. The van der Waals surface area contributed by atoms with E-state index in [1.165, 1.54) is 11.8 Å². The van der Waals surface area contributed by atoms with E-state index in [9.17, 15) is 4.79 Å². The maximum absolute atomic E-state index is 13.3. The van der Waals surface area contributed by atoms with E-state index < -0.39 is 0 Å². The Morgan fingerprint density at radius 2 is 1.57 bits per heavy atom. The number of rotatable bonds is 10. The van der Waals surface area contributed by atoms with Crippen molar-refractivity contribution < 1.29 is 14.3 Å². The van der Waals surface area contributed by atoms with Gasteiger partial charge in [0.05, 0.1) is 30.9 Å². The first-order valence-electron chi connectivity index (χ1n) is 12.4. The largest absolute Gasteiger partial charge is 0.497 e. The van der Waals surface area contributed by atoms with E-state index in [0.29, 0.717) is 11.6 Å². The second-order valence-electron chi connectivity index (χ2n) is 8.69. The van der Waals surface area contributed by atoms with Crippen LogP contribution in [-0.4, -0.2) is 35.3 Å². The summed E-state index contributed by atoms with van der Waals surface area (Å²) in [4.78, 5) is 21.8. The molecule has 0 aliphatic rings. The standard InChI is InChI=1S/C30H33N3O3S/c1-6-20-10-8-9-19(3)26(20)31-29(34)25(7-2)37-30-32-27(21-11-15-23(35-4)16-12-21)28(33-30)22-13-17-24(36-5)18-14-22/h8-18,25H,6-7H2,1-5H3,(H,31,34)(H,32,33). The number of aromatic amines is 1. The molecule has 0 saturated heterocycles. The highest BCUT2D eigenvalue weighted by Crippen LogP contribution is 2.36. The normalized spacial score (nSPS) is 11.7. The minimum absolute atomic E-state index is 0.0232. The van der Waals surface area contributed by atoms with Gasteiger partial charge in [-0.3, -0.25) is 4.79 Å². The highest BCUT2D eigenvalue weighted by atomic mass is 32.2. The molecule has 1 amide bonds. The Labute approximate surface area is 222 Å². The van der Waals surface area contributed by atoms with E-state index in [4.69, 9.17) is 14.5 Å². The van der Waals surface area contributed by atoms with Crippen LogP contribution in [0.4, 0.5) is 5.69 Å². The summed E-state index contributed by atoms with van der Waals surface area (Å²) in [6.07, 6.45) is 1.52. The van der Waals surface area contributed by atoms with Crippen molar-refractivity contribution in [2.75, 3.05) is 19.5 Å². The molecule has 0 spiro atoms. The summed E-state index contributed by atoms with van der Waals surface area (Å²) in [6, 6.07) is 21.8. The maximum atomic E-state index is 13.3. The summed E-state index contributed by atoms with van der Waals surface area (Å²) in [5, 5.41) is 3.57. The van der Waals surface area contributed by atoms with Crippen LogP contribution < -0.4 is 14.8 Å². The molecule has 3 aromatic carbocycles. The number of imidazole rings is 1. The van der Waals surface area contributed by atoms with Gasteiger partial charge < -0.3 is 19.8 Å². The minimum atomic E-state index is -0.303. The Balaban J connectivity index is 1.65. The second-order valence-corrected chi connectivity index (χ2v) is 9.88. The van der Waals surface area contributed by atoms with Crippen LogP contribution in [-0.2, 0) is 11.2 Å². The first-order chi connectivity index (χ1) is 18.0. The Kier molecular flexibility index (Phi) is 8.56. The number of hydrogen-bond acceptors (Lipinski definition) is 5. The predicted octanol–water partition coefficient (Wildman–Crippen LogP) is 7.14. The molecule has 0 saturated carbocycles. The first kappa shape index (κ1) is 26.4. The highest BCUT2D eigenvalue weighted by Gasteiger charge is 2.23. The van der Waals surface area contributed by atoms with Gasteiger partial charge >= 0.3 is 0 Å². The van der Waals surface area contributed by atoms with E-state index in [0.717, 1.165) is 57.2 Å². The lowest BCUT2D eigenvalue weighted by molar-refractivity contribution is -0.115. The predicted molar refractivity (Wildman–Crippen MR) is 152 cm³/mol. The third-order valence-electron chi connectivity index (χ3n) is 6.33. The van der Waals surface area contributed by atoms with Gasteiger partial charge in [-0.1, -0.05) is 43.8 Å². The molecule has 0 aliphatic heterocycles. The number of aromatic nitrogens is 2. The number of thioether (sulfide) groups is 1. The molecule has 0 bridgehead atoms. The molecule has 192 valence electrons. The summed E-state index contributed by atoms with van der Waals surface area (Å²) in [6.45, 7) is 6.14. The number of amides is 1. The summed E-state index contributed by atoms with van der Waals surface area (Å²) in [7, 11) is 3.30. The van der Waals surface area contributed by atoms with Crippen LogP contribution in [0.5, 0.6) is 11.5 Å². The van der Waals surface area contributed by atoms with Gasteiger partial charge in [0.2, 0.25) is 5.91 Å². The monoisotopic (exact) mass is 515 g/mol. The molecular weight excluding hydrogens is 482 g/mol. The van der Waals surface area contributed by atoms with Crippen LogP contribution >= 0.6 is 11.8 Å². The number of H-pyrrole nitrogens is 1. The molecule has 0 aliphatic carbocycles. The van der Waals surface area contributed by atoms with Crippen molar-refractivity contribution in [3.8, 4) is 34.0 Å². The van der Waals surface area contributed by atoms with E-state index in [2.05, 4.69) is 23.3 Å². The topological polar surface area (TPSA) is 76.2 Å². The average Bonchev–Trinajstić information content (AvgIpc) is 3.36. The van der Waals surface area contributed by atoms with Gasteiger partial charge in [0.25, 0.3) is 0 Å². The van der Waals surface area contributed by atoms with Crippen LogP contribution in [0.1, 0.15) is 31.4 Å². The Bertz CT molecular complexity index is 1280. The number of anilines is 1. The number of carbonyl (C=O) groups is 1. The van der Waals surface area contributed by atoms with Crippen molar-refractivity contribution in [1.29, 1.82) is 0 Å². The van der Waals surface area contributed by atoms with Crippen LogP contribution in [0.15, 0.2) is 71.9 Å². The van der Waals surface area contributed by atoms with Gasteiger partial charge in [0.15, 0.2) is 5.16 Å². The molecule has 0 radical (unpaired) electrons. The van der Waals surface area contributed by atoms with Crippen molar-refractivity contribution >= 4 is 23.4 Å². The average molecular weight is 516 g/mol. The fourth-order valence-electron chi connectivity index (χ4n) is 4.19. The van der Waals surface area contributed by atoms with E-state index in [1.807, 2.05) is 74.5 Å². The van der Waals surface area contributed by atoms with Crippen molar-refractivity contribution in [3.05, 3.63) is 77.9 Å². The number of aryl methyl sites for hydroxylation is 2. The number of nitrogens with one attached hydrogen (secondary N) is 2. The lowest BCUT2D eigenvalue weighted by Crippen LogP contribution is -2.25. The number of para-hydroxylation sites is 1. The van der Waals surface area contributed by atoms with E-state index in [1.54, 1.807) is 14.2 Å². The quantitative estimate of drug-likeness (QED) is 0.220. The molecule has 1 atom stereocenters. The van der Waals surface area contributed by atoms with Crippen molar-refractivity contribution in [1.82, 2.24) is 9.97 Å². The van der Waals surface area contributed by atoms with Crippen LogP contribution in [0.3, 0.4) is 0 Å². The molecule has 37 heavy (non-hydrogen) atoms. The van der Waals surface area contributed by atoms with Gasteiger partial charge in [-0.2, -0.15) is 0 Å². The van der Waals surface area contributed by atoms with Crippen molar-refractivity contribution in [2.24, 2.45) is 0 Å². The Hall–Kier alpha value is -3.71. The summed E-state index contributed by atoms with van der Waals surface area (Å²) < 4.78 is 10.7. The molecule has 2 N–H and O–H groups in total. The van der Waals surface area contributed by atoms with Gasteiger partial charge in [0, 0.05) is 16.8 Å². The molecule has 7 heteroatoms. The van der Waals surface area contributed by atoms with Crippen LogP contribution in [0.25, 0.3) is 22.5 Å². The van der Waals surface area contributed by atoms with E-state index >= 15 is 0 Å². The Morgan fingerprint density at radius 3 is 2.14 bits per heavy atom. The Morgan fingerprint density at radius 1 is 0.946 bits per heavy atom. The van der Waals surface area contributed by atoms with Crippen LogP contribution in [0, 0.1) is 6.92 Å².